The lowest BCUT2D eigenvalue weighted by Gasteiger charge is -2.28. The van der Waals surface area contributed by atoms with E-state index in [-0.39, 0.29) is 0 Å². The van der Waals surface area contributed by atoms with Crippen LogP contribution >= 0.6 is 11.8 Å². The molecule has 7 nitrogen and oxygen atoms in total. The summed E-state index contributed by atoms with van der Waals surface area (Å²) in [7, 11) is 1.67. The molecule has 8 heteroatoms. The lowest BCUT2D eigenvalue weighted by Crippen LogP contribution is -2.33. The fraction of sp³-hybridized carbons (Fsp3) is 0.357. The van der Waals surface area contributed by atoms with Crippen molar-refractivity contribution in [2.45, 2.75) is 0 Å². The average molecular weight is 321 g/mol. The summed E-state index contributed by atoms with van der Waals surface area (Å²) in [4.78, 5) is 20.1. The van der Waals surface area contributed by atoms with E-state index in [9.17, 15) is 0 Å². The summed E-state index contributed by atoms with van der Waals surface area (Å²) in [5.74, 6) is 4.22. The molecule has 2 amide bonds. The molecule has 3 rings (SSSR count). The van der Waals surface area contributed by atoms with E-state index in [4.69, 9.17) is 9.53 Å². The Morgan fingerprint density at radius 1 is 1.27 bits per heavy atom. The van der Waals surface area contributed by atoms with Crippen LogP contribution in [0.1, 0.15) is 0 Å². The third kappa shape index (κ3) is 4.14. The number of rotatable bonds is 2. The van der Waals surface area contributed by atoms with Crippen molar-refractivity contribution in [1.29, 1.82) is 0 Å². The van der Waals surface area contributed by atoms with Gasteiger partial charge < -0.3 is 21.1 Å². The van der Waals surface area contributed by atoms with Crippen LogP contribution in [-0.2, 0) is 0 Å². The van der Waals surface area contributed by atoms with Crippen molar-refractivity contribution >= 4 is 34.5 Å². The highest BCUT2D eigenvalue weighted by molar-refractivity contribution is 7.99. The van der Waals surface area contributed by atoms with Gasteiger partial charge in [-0.25, -0.2) is 14.8 Å². The number of carbonyl (C=O) groups excluding carboxylic acids is 1. The normalized spacial score (nSPS) is 14.1. The zero-order chi connectivity index (χ0) is 15.9. The summed E-state index contributed by atoms with van der Waals surface area (Å²) in [6, 6.07) is 5.14. The number of methoxy groups -OCH3 is 1. The Kier molecular flexibility index (Phi) is 5.65. The molecule has 0 aliphatic carbocycles. The number of hydrogen-bond donors (Lipinski definition) is 2. The highest BCUT2D eigenvalue weighted by Gasteiger charge is 2.15. The topological polar surface area (TPSA) is 107 Å². The summed E-state index contributed by atoms with van der Waals surface area (Å²) in [5.41, 5.74) is 9.44. The maximum atomic E-state index is 9.00. The van der Waals surface area contributed by atoms with E-state index in [1.165, 1.54) is 11.5 Å². The van der Waals surface area contributed by atoms with E-state index in [0.717, 1.165) is 35.6 Å². The Labute approximate surface area is 133 Å². The maximum absolute atomic E-state index is 9.00. The number of anilines is 1. The molecule has 118 valence electrons. The van der Waals surface area contributed by atoms with Crippen LogP contribution in [-0.4, -0.2) is 47.7 Å². The number of ether oxygens (including phenoxy) is 1. The maximum Gasteiger partial charge on any atom is 0.309 e. The van der Waals surface area contributed by atoms with Crippen LogP contribution in [0, 0.1) is 0 Å². The molecule has 0 unspecified atom stereocenters. The van der Waals surface area contributed by atoms with Crippen molar-refractivity contribution in [2.24, 2.45) is 11.5 Å². The monoisotopic (exact) mass is 321 g/mol. The van der Waals surface area contributed by atoms with Crippen molar-refractivity contribution in [3.63, 3.8) is 0 Å². The predicted octanol–water partition coefficient (Wildman–Crippen LogP) is 1.22. The quantitative estimate of drug-likeness (QED) is 0.861. The van der Waals surface area contributed by atoms with Crippen LogP contribution in [0.25, 0.3) is 10.9 Å². The van der Waals surface area contributed by atoms with Crippen molar-refractivity contribution in [2.75, 3.05) is 36.6 Å². The second-order valence-electron chi connectivity index (χ2n) is 4.58. The number of carbonyl (C=O) groups is 1. The third-order valence-corrected chi connectivity index (χ3v) is 4.08. The fourth-order valence-electron chi connectivity index (χ4n) is 2.18. The van der Waals surface area contributed by atoms with Crippen LogP contribution in [0.4, 0.5) is 10.6 Å². The molecule has 0 atom stereocenters. The van der Waals surface area contributed by atoms with Gasteiger partial charge in [-0.2, -0.15) is 11.8 Å². The van der Waals surface area contributed by atoms with Gasteiger partial charge in [0.1, 0.15) is 17.9 Å². The van der Waals surface area contributed by atoms with Crippen LogP contribution in [0.2, 0.25) is 0 Å². The van der Waals surface area contributed by atoms with E-state index in [2.05, 4.69) is 26.3 Å². The second kappa shape index (κ2) is 7.69. The van der Waals surface area contributed by atoms with Gasteiger partial charge >= 0.3 is 6.03 Å². The molecular weight excluding hydrogens is 302 g/mol. The molecule has 1 saturated heterocycles. The average Bonchev–Trinajstić information content (AvgIpc) is 2.54. The minimum Gasteiger partial charge on any atom is -0.497 e. The molecule has 1 fully saturated rings. The van der Waals surface area contributed by atoms with Gasteiger partial charge in [0.2, 0.25) is 0 Å². The molecule has 0 spiro atoms. The minimum atomic E-state index is -0.833. The SMILES string of the molecule is COc1ccc2c(N3CCSCC3)ncnc2c1.NC(N)=O. The smallest absolute Gasteiger partial charge is 0.309 e. The first-order chi connectivity index (χ1) is 10.6. The number of thioether (sulfide) groups is 1. The molecule has 0 bridgehead atoms. The number of nitrogens with zero attached hydrogens (tertiary/aromatic N) is 3. The summed E-state index contributed by atoms with van der Waals surface area (Å²) in [6.45, 7) is 2.12. The number of primary amides is 2. The highest BCUT2D eigenvalue weighted by atomic mass is 32.2. The van der Waals surface area contributed by atoms with Gasteiger partial charge in [-0.3, -0.25) is 0 Å². The molecule has 22 heavy (non-hydrogen) atoms. The van der Waals surface area contributed by atoms with Crippen molar-refractivity contribution in [3.8, 4) is 5.75 Å². The molecule has 1 aliphatic heterocycles. The molecule has 4 N–H and O–H groups in total. The summed E-state index contributed by atoms with van der Waals surface area (Å²) in [6.07, 6.45) is 1.64. The summed E-state index contributed by atoms with van der Waals surface area (Å²) >= 11 is 2.00. The Bertz CT molecular complexity index is 642. The molecule has 1 aromatic carbocycles. The Hall–Kier alpha value is -2.22. The Morgan fingerprint density at radius 2 is 1.95 bits per heavy atom. The first-order valence-corrected chi connectivity index (χ1v) is 7.93. The van der Waals surface area contributed by atoms with Gasteiger partial charge in [0.05, 0.1) is 12.6 Å². The van der Waals surface area contributed by atoms with Crippen molar-refractivity contribution in [3.05, 3.63) is 24.5 Å². The number of fused-ring (bicyclic) bond motifs is 1. The van der Waals surface area contributed by atoms with Crippen molar-refractivity contribution < 1.29 is 9.53 Å². The summed E-state index contributed by atoms with van der Waals surface area (Å²) < 4.78 is 5.23. The van der Waals surface area contributed by atoms with Gasteiger partial charge in [-0.15, -0.1) is 0 Å². The van der Waals surface area contributed by atoms with E-state index < -0.39 is 6.03 Å². The van der Waals surface area contributed by atoms with E-state index in [1.807, 2.05) is 30.0 Å². The number of urea groups is 1. The van der Waals surface area contributed by atoms with Gasteiger partial charge in [0, 0.05) is 36.0 Å². The van der Waals surface area contributed by atoms with Gasteiger partial charge in [-0.1, -0.05) is 0 Å². The Morgan fingerprint density at radius 3 is 2.59 bits per heavy atom. The number of nitrogens with two attached hydrogens (primary N) is 2. The molecule has 1 aromatic heterocycles. The Balaban J connectivity index is 0.000000396. The van der Waals surface area contributed by atoms with Crippen LogP contribution in [0.15, 0.2) is 24.5 Å². The first-order valence-electron chi connectivity index (χ1n) is 6.78. The molecule has 0 saturated carbocycles. The number of hydrogen-bond acceptors (Lipinski definition) is 6. The van der Waals surface area contributed by atoms with E-state index in [0.29, 0.717) is 0 Å². The largest absolute Gasteiger partial charge is 0.497 e. The molecule has 1 aliphatic rings. The van der Waals surface area contributed by atoms with Crippen LogP contribution < -0.4 is 21.1 Å². The first kappa shape index (κ1) is 16.2. The number of amides is 2. The fourth-order valence-corrected chi connectivity index (χ4v) is 3.08. The van der Waals surface area contributed by atoms with Gasteiger partial charge in [-0.05, 0) is 12.1 Å². The zero-order valence-electron chi connectivity index (χ0n) is 12.4. The number of aromatic nitrogens is 2. The minimum absolute atomic E-state index is 0.833. The summed E-state index contributed by atoms with van der Waals surface area (Å²) in [5, 5.41) is 1.10. The van der Waals surface area contributed by atoms with Gasteiger partial charge in [0.15, 0.2) is 0 Å². The number of benzene rings is 1. The van der Waals surface area contributed by atoms with Crippen molar-refractivity contribution in [1.82, 2.24) is 9.97 Å². The third-order valence-electron chi connectivity index (χ3n) is 3.13. The van der Waals surface area contributed by atoms with Gasteiger partial charge in [0.25, 0.3) is 0 Å². The molecule has 2 heterocycles. The van der Waals surface area contributed by atoms with Crippen LogP contribution in [0.3, 0.4) is 0 Å². The lowest BCUT2D eigenvalue weighted by molar-refractivity contribution is 0.256. The molecule has 0 radical (unpaired) electrons. The highest BCUT2D eigenvalue weighted by Crippen LogP contribution is 2.27. The second-order valence-corrected chi connectivity index (χ2v) is 5.81. The lowest BCUT2D eigenvalue weighted by atomic mass is 10.2. The van der Waals surface area contributed by atoms with Crippen LogP contribution in [0.5, 0.6) is 5.75 Å². The predicted molar refractivity (Wildman–Crippen MR) is 89.4 cm³/mol. The molecule has 2 aromatic rings. The standard InChI is InChI=1S/C13H15N3OS.CH4N2O/c1-17-10-2-3-11-12(8-10)14-9-15-13(11)16-4-6-18-7-5-16;2-1(3)4/h2-3,8-9H,4-7H2,1H3;(H4,2,3,4). The van der Waals surface area contributed by atoms with E-state index in [1.54, 1.807) is 13.4 Å². The van der Waals surface area contributed by atoms with E-state index >= 15 is 0 Å². The zero-order valence-corrected chi connectivity index (χ0v) is 13.2. The molecular formula is C14H19N5O2S.